The zero-order valence-electron chi connectivity index (χ0n) is 35.0. The first kappa shape index (κ1) is 41.3. The van der Waals surface area contributed by atoms with Crippen LogP contribution >= 0.6 is 0 Å². The fourth-order valence-electron chi connectivity index (χ4n) is 9.77. The fraction of sp³-hybridized carbons (Fsp3) is 0.362. The summed E-state index contributed by atoms with van der Waals surface area (Å²) in [5.41, 5.74) is 5.62. The molecule has 4 aromatic carbocycles. The molecular formula is C47H47F2N9O6. The van der Waals surface area contributed by atoms with E-state index in [0.717, 1.165) is 92.1 Å². The number of benzene rings is 4. The molecule has 15 nitrogen and oxygen atoms in total. The van der Waals surface area contributed by atoms with Crippen LogP contribution in [0.15, 0.2) is 72.8 Å². The van der Waals surface area contributed by atoms with Gasteiger partial charge in [0.05, 0.1) is 22.2 Å². The highest BCUT2D eigenvalue weighted by atomic mass is 19.1. The van der Waals surface area contributed by atoms with E-state index < -0.39 is 41.3 Å². The van der Waals surface area contributed by atoms with E-state index in [-0.39, 0.29) is 35.9 Å². The van der Waals surface area contributed by atoms with Crippen molar-refractivity contribution in [3.05, 3.63) is 112 Å². The normalized spacial score (nSPS) is 20.9. The maximum absolute atomic E-state index is 14.1. The van der Waals surface area contributed by atoms with Crippen molar-refractivity contribution in [3.8, 4) is 0 Å². The number of imide groups is 2. The number of aromatic amines is 1. The highest BCUT2D eigenvalue weighted by Crippen LogP contribution is 2.34. The smallest absolute Gasteiger partial charge is 0.262 e. The number of piperidine rings is 1. The number of hydrogen-bond acceptors (Lipinski definition) is 11. The minimum atomic E-state index is -1.00. The summed E-state index contributed by atoms with van der Waals surface area (Å²) in [5.74, 6) is -3.31. The van der Waals surface area contributed by atoms with Gasteiger partial charge in [-0.2, -0.15) is 5.10 Å². The van der Waals surface area contributed by atoms with Gasteiger partial charge in [0.25, 0.3) is 17.7 Å². The molecule has 10 rings (SSSR count). The average Bonchev–Trinajstić information content (AvgIpc) is 4.00. The molecule has 4 fully saturated rings. The molecule has 5 amide bonds. The molecule has 5 aromatic rings. The summed E-state index contributed by atoms with van der Waals surface area (Å²) in [5, 5.41) is 16.9. The number of halogens is 2. The van der Waals surface area contributed by atoms with E-state index in [9.17, 15) is 32.8 Å². The number of amides is 5. The monoisotopic (exact) mass is 871 g/mol. The second-order valence-corrected chi connectivity index (χ2v) is 17.2. The van der Waals surface area contributed by atoms with E-state index in [1.54, 1.807) is 12.1 Å². The lowest BCUT2D eigenvalue weighted by molar-refractivity contribution is -0.136. The van der Waals surface area contributed by atoms with Crippen LogP contribution in [0.5, 0.6) is 0 Å². The number of piperazine rings is 1. The Bertz CT molecular complexity index is 2670. The second kappa shape index (κ2) is 17.1. The van der Waals surface area contributed by atoms with Crippen molar-refractivity contribution in [3.63, 3.8) is 0 Å². The lowest BCUT2D eigenvalue weighted by Gasteiger charge is -2.39. The summed E-state index contributed by atoms with van der Waals surface area (Å²) >= 11 is 0. The molecule has 5 aliphatic rings. The van der Waals surface area contributed by atoms with E-state index in [1.807, 2.05) is 36.4 Å². The Morgan fingerprint density at radius 2 is 1.52 bits per heavy atom. The number of ether oxygens (including phenoxy) is 1. The van der Waals surface area contributed by atoms with Gasteiger partial charge >= 0.3 is 0 Å². The lowest BCUT2D eigenvalue weighted by Crippen LogP contribution is -2.54. The minimum absolute atomic E-state index is 0.0705. The SMILES string of the molecule is O=C1CCC(N2C(=O)c3ccc(N4CCC(N5CCN(c6ccc(C(=O)Nc7n[nH]c8ccc(Cc9cc(F)cc(F)c9)cc78)c(NC7CCOCC7)c6)CC5)C4)cc3C2=O)C(=O)N1. The summed E-state index contributed by atoms with van der Waals surface area (Å²) < 4.78 is 33.4. The van der Waals surface area contributed by atoms with Gasteiger partial charge in [0.2, 0.25) is 11.8 Å². The quantitative estimate of drug-likeness (QED) is 0.138. The number of carbonyl (C=O) groups is 5. The average molecular weight is 872 g/mol. The molecule has 330 valence electrons. The van der Waals surface area contributed by atoms with Gasteiger partial charge in [-0.3, -0.25) is 44.2 Å². The van der Waals surface area contributed by atoms with Crippen molar-refractivity contribution < 1.29 is 37.5 Å². The molecule has 0 saturated carbocycles. The molecule has 0 radical (unpaired) electrons. The van der Waals surface area contributed by atoms with Crippen LogP contribution in [0.4, 0.5) is 31.7 Å². The molecule has 17 heteroatoms. The van der Waals surface area contributed by atoms with Gasteiger partial charge in [0, 0.05) is 99.5 Å². The van der Waals surface area contributed by atoms with E-state index >= 15 is 0 Å². The second-order valence-electron chi connectivity index (χ2n) is 17.2. The maximum atomic E-state index is 14.1. The van der Waals surface area contributed by atoms with Gasteiger partial charge < -0.3 is 25.2 Å². The Hall–Kier alpha value is -6.72. The minimum Gasteiger partial charge on any atom is -0.381 e. The number of carbonyl (C=O) groups excluding carboxylic acids is 5. The zero-order chi connectivity index (χ0) is 44.1. The van der Waals surface area contributed by atoms with Gasteiger partial charge in [0.1, 0.15) is 17.7 Å². The molecule has 0 spiro atoms. The first-order valence-corrected chi connectivity index (χ1v) is 21.9. The molecule has 2 unspecified atom stereocenters. The predicted molar refractivity (Wildman–Crippen MR) is 235 cm³/mol. The van der Waals surface area contributed by atoms with Crippen LogP contribution in [-0.4, -0.2) is 120 Å². The Morgan fingerprint density at radius 3 is 2.30 bits per heavy atom. The first-order chi connectivity index (χ1) is 31.0. The Labute approximate surface area is 367 Å². The van der Waals surface area contributed by atoms with Crippen LogP contribution in [0.3, 0.4) is 0 Å². The molecule has 5 aliphatic heterocycles. The third kappa shape index (κ3) is 8.16. The van der Waals surface area contributed by atoms with E-state index in [1.165, 1.54) is 12.1 Å². The van der Waals surface area contributed by atoms with Gasteiger partial charge in [-0.1, -0.05) is 6.07 Å². The number of nitrogens with zero attached hydrogens (tertiary/aromatic N) is 5. The molecule has 0 aliphatic carbocycles. The molecule has 0 bridgehead atoms. The molecule has 4 saturated heterocycles. The molecule has 1 aromatic heterocycles. The standard InChI is InChI=1S/C47H47F2N9O6/c48-29-20-28(21-30(49)23-29)19-27-1-6-39-38(22-27)43(54-53-39)52-44(60)36-5-3-33(25-40(36)50-31-10-17-64-18-11-31)55-13-15-56(16-14-55)34-9-12-57(26-34)32-2-4-35-37(24-32)47(63)58(46(35)62)41-7-8-42(59)51-45(41)61/h1-6,20-25,31,34,41,50H,7-19,26H2,(H,51,59,61)(H2,52,53,54,60). The van der Waals surface area contributed by atoms with Crippen molar-refractivity contribution in [2.45, 2.75) is 56.7 Å². The number of aromatic nitrogens is 2. The number of rotatable bonds is 10. The molecule has 2 atom stereocenters. The Morgan fingerprint density at radius 1 is 0.766 bits per heavy atom. The third-order valence-electron chi connectivity index (χ3n) is 13.2. The highest BCUT2D eigenvalue weighted by molar-refractivity contribution is 6.23. The van der Waals surface area contributed by atoms with Crippen molar-refractivity contribution in [1.82, 2.24) is 25.3 Å². The number of H-pyrrole nitrogens is 1. The maximum Gasteiger partial charge on any atom is 0.262 e. The summed E-state index contributed by atoms with van der Waals surface area (Å²) in [7, 11) is 0. The van der Waals surface area contributed by atoms with E-state index in [0.29, 0.717) is 53.5 Å². The van der Waals surface area contributed by atoms with E-state index in [4.69, 9.17) is 4.74 Å². The van der Waals surface area contributed by atoms with Crippen LogP contribution in [0.25, 0.3) is 10.9 Å². The van der Waals surface area contributed by atoms with Gasteiger partial charge in [-0.15, -0.1) is 0 Å². The summed E-state index contributed by atoms with van der Waals surface area (Å²) in [6.07, 6.45) is 3.04. The number of hydrogen-bond donors (Lipinski definition) is 4. The molecule has 4 N–H and O–H groups in total. The van der Waals surface area contributed by atoms with Gasteiger partial charge in [0.15, 0.2) is 5.82 Å². The number of nitrogens with one attached hydrogen (secondary N) is 4. The van der Waals surface area contributed by atoms with Crippen LogP contribution in [0, 0.1) is 11.6 Å². The van der Waals surface area contributed by atoms with Crippen molar-refractivity contribution in [2.24, 2.45) is 0 Å². The highest BCUT2D eigenvalue weighted by Gasteiger charge is 2.45. The lowest BCUT2D eigenvalue weighted by atomic mass is 10.0. The van der Waals surface area contributed by atoms with Gasteiger partial charge in [-0.05, 0) is 104 Å². The molecule has 6 heterocycles. The summed E-state index contributed by atoms with van der Waals surface area (Å²) in [6.45, 7) is 6.07. The third-order valence-corrected chi connectivity index (χ3v) is 13.2. The van der Waals surface area contributed by atoms with Crippen molar-refractivity contribution in [2.75, 3.05) is 72.9 Å². The number of fused-ring (bicyclic) bond motifs is 2. The van der Waals surface area contributed by atoms with Crippen molar-refractivity contribution in [1.29, 1.82) is 0 Å². The topological polar surface area (TPSA) is 172 Å². The van der Waals surface area contributed by atoms with Crippen LogP contribution in [0.2, 0.25) is 0 Å². The van der Waals surface area contributed by atoms with Crippen LogP contribution in [0.1, 0.15) is 74.3 Å². The zero-order valence-corrected chi connectivity index (χ0v) is 35.0. The van der Waals surface area contributed by atoms with E-state index in [2.05, 4.69) is 46.9 Å². The Balaban J connectivity index is 0.798. The first-order valence-electron chi connectivity index (χ1n) is 21.9. The van der Waals surface area contributed by atoms with Crippen molar-refractivity contribution >= 4 is 63.3 Å². The van der Waals surface area contributed by atoms with Crippen LogP contribution < -0.4 is 25.8 Å². The number of anilines is 4. The van der Waals surface area contributed by atoms with Gasteiger partial charge in [-0.25, -0.2) is 8.78 Å². The molecule has 64 heavy (non-hydrogen) atoms. The summed E-state index contributed by atoms with van der Waals surface area (Å²) in [4.78, 5) is 73.1. The largest absolute Gasteiger partial charge is 0.381 e. The predicted octanol–water partition coefficient (Wildman–Crippen LogP) is 5.08. The Kier molecular flexibility index (Phi) is 11.0. The fourth-order valence-corrected chi connectivity index (χ4v) is 9.77. The molecular weight excluding hydrogens is 825 g/mol. The van der Waals surface area contributed by atoms with Crippen LogP contribution in [-0.2, 0) is 20.7 Å². The summed E-state index contributed by atoms with van der Waals surface area (Å²) in [6, 6.07) is 19.6.